The molecular formula is C14H16BrNO. The summed E-state index contributed by atoms with van der Waals surface area (Å²) in [7, 11) is 0. The molecule has 0 spiro atoms. The summed E-state index contributed by atoms with van der Waals surface area (Å²) in [5.74, 6) is 0.0802. The lowest BCUT2D eigenvalue weighted by Gasteiger charge is -2.14. The first-order chi connectivity index (χ1) is 8.22. The van der Waals surface area contributed by atoms with Gasteiger partial charge in [-0.25, -0.2) is 0 Å². The molecule has 1 fully saturated rings. The summed E-state index contributed by atoms with van der Waals surface area (Å²) >= 11 is 3.47. The molecule has 2 nitrogen and oxygen atoms in total. The fraction of sp³-hybridized carbons (Fsp3) is 0.500. The van der Waals surface area contributed by atoms with Gasteiger partial charge in [-0.1, -0.05) is 22.0 Å². The van der Waals surface area contributed by atoms with Crippen molar-refractivity contribution in [2.24, 2.45) is 0 Å². The number of benzene rings is 1. The summed E-state index contributed by atoms with van der Waals surface area (Å²) in [6, 6.07) is 6.15. The van der Waals surface area contributed by atoms with Gasteiger partial charge in [-0.15, -0.1) is 0 Å². The number of alkyl halides is 1. The fourth-order valence-electron chi connectivity index (χ4n) is 2.47. The monoisotopic (exact) mass is 293 g/mol. The first-order valence-corrected chi connectivity index (χ1v) is 7.35. The molecule has 0 saturated heterocycles. The van der Waals surface area contributed by atoms with Gasteiger partial charge < -0.3 is 5.32 Å². The Kier molecular flexibility index (Phi) is 2.74. The van der Waals surface area contributed by atoms with Crippen LogP contribution in [0.5, 0.6) is 0 Å². The number of carbonyl (C=O) groups is 1. The van der Waals surface area contributed by atoms with Crippen LogP contribution in [0.25, 0.3) is 0 Å². The molecule has 0 radical (unpaired) electrons. The summed E-state index contributed by atoms with van der Waals surface area (Å²) in [5.41, 5.74) is 3.64. The fourth-order valence-corrected chi connectivity index (χ4v) is 3.17. The maximum absolute atomic E-state index is 12.1. The van der Waals surface area contributed by atoms with E-state index < -0.39 is 0 Å². The highest BCUT2D eigenvalue weighted by atomic mass is 79.9. The Morgan fingerprint density at radius 3 is 2.76 bits per heavy atom. The summed E-state index contributed by atoms with van der Waals surface area (Å²) < 4.78 is 0. The van der Waals surface area contributed by atoms with E-state index in [0.717, 1.165) is 30.2 Å². The Morgan fingerprint density at radius 2 is 2.06 bits per heavy atom. The minimum atomic E-state index is 0.0378. The third kappa shape index (κ3) is 2.13. The van der Waals surface area contributed by atoms with E-state index in [1.165, 1.54) is 24.0 Å². The highest BCUT2D eigenvalue weighted by Gasteiger charge is 2.43. The molecule has 1 amide bonds. The van der Waals surface area contributed by atoms with Crippen LogP contribution in [0.4, 0.5) is 0 Å². The molecule has 0 bridgehead atoms. The number of hydrogen-bond donors (Lipinski definition) is 1. The minimum absolute atomic E-state index is 0.0378. The van der Waals surface area contributed by atoms with Crippen LogP contribution in [0.1, 0.15) is 40.7 Å². The Morgan fingerprint density at radius 1 is 1.29 bits per heavy atom. The van der Waals surface area contributed by atoms with Crippen molar-refractivity contribution in [3.05, 3.63) is 34.9 Å². The van der Waals surface area contributed by atoms with Gasteiger partial charge in [0.2, 0.25) is 0 Å². The van der Waals surface area contributed by atoms with Gasteiger partial charge in [-0.05, 0) is 55.4 Å². The summed E-state index contributed by atoms with van der Waals surface area (Å²) in [6.45, 7) is 0. The molecule has 3 heteroatoms. The predicted molar refractivity (Wildman–Crippen MR) is 71.7 cm³/mol. The van der Waals surface area contributed by atoms with Crippen LogP contribution in [-0.4, -0.2) is 16.8 Å². The largest absolute Gasteiger partial charge is 0.346 e. The topological polar surface area (TPSA) is 29.1 Å². The molecule has 1 N–H and O–H groups in total. The summed E-state index contributed by atoms with van der Waals surface area (Å²) in [4.78, 5) is 12.1. The molecule has 1 aromatic rings. The van der Waals surface area contributed by atoms with Gasteiger partial charge in [-0.3, -0.25) is 4.79 Å². The van der Waals surface area contributed by atoms with Crippen molar-refractivity contribution in [3.63, 3.8) is 0 Å². The normalized spacial score (nSPS) is 19.8. The molecule has 1 saturated carbocycles. The molecule has 0 aliphatic heterocycles. The number of halogens is 1. The van der Waals surface area contributed by atoms with E-state index in [9.17, 15) is 4.79 Å². The van der Waals surface area contributed by atoms with E-state index in [0.29, 0.717) is 0 Å². The zero-order chi connectivity index (χ0) is 11.9. The van der Waals surface area contributed by atoms with Gasteiger partial charge in [0.25, 0.3) is 5.91 Å². The lowest BCUT2D eigenvalue weighted by molar-refractivity contribution is 0.0936. The number of aryl methyl sites for hydroxylation is 2. The van der Waals surface area contributed by atoms with Crippen molar-refractivity contribution in [2.75, 3.05) is 5.33 Å². The number of carbonyl (C=O) groups excluding carboxylic acids is 1. The van der Waals surface area contributed by atoms with Crippen molar-refractivity contribution < 1.29 is 4.79 Å². The third-order valence-corrected chi connectivity index (χ3v) is 4.92. The van der Waals surface area contributed by atoms with Gasteiger partial charge in [0.1, 0.15) is 0 Å². The van der Waals surface area contributed by atoms with Crippen LogP contribution in [0.2, 0.25) is 0 Å². The minimum Gasteiger partial charge on any atom is -0.346 e. The van der Waals surface area contributed by atoms with Crippen molar-refractivity contribution in [2.45, 2.75) is 37.6 Å². The number of amides is 1. The Labute approximate surface area is 110 Å². The van der Waals surface area contributed by atoms with Crippen LogP contribution < -0.4 is 5.32 Å². The maximum Gasteiger partial charge on any atom is 0.251 e. The quantitative estimate of drug-likeness (QED) is 0.853. The number of hydrogen-bond acceptors (Lipinski definition) is 1. The molecule has 90 valence electrons. The van der Waals surface area contributed by atoms with Gasteiger partial charge in [0, 0.05) is 10.9 Å². The van der Waals surface area contributed by atoms with E-state index in [2.05, 4.69) is 33.4 Å². The van der Waals surface area contributed by atoms with Crippen LogP contribution in [0, 0.1) is 0 Å². The second kappa shape index (κ2) is 4.13. The number of nitrogens with one attached hydrogen (secondary N) is 1. The molecule has 0 unspecified atom stereocenters. The molecule has 0 atom stereocenters. The molecule has 2 aliphatic carbocycles. The van der Waals surface area contributed by atoms with E-state index in [-0.39, 0.29) is 11.4 Å². The van der Waals surface area contributed by atoms with E-state index in [1.807, 2.05) is 6.07 Å². The Balaban J connectivity index is 1.78. The van der Waals surface area contributed by atoms with E-state index in [4.69, 9.17) is 0 Å². The second-order valence-electron chi connectivity index (χ2n) is 5.21. The van der Waals surface area contributed by atoms with Crippen LogP contribution >= 0.6 is 15.9 Å². The molecule has 2 aliphatic rings. The first-order valence-electron chi connectivity index (χ1n) is 6.23. The average Bonchev–Trinajstić information content (AvgIpc) is 2.96. The Hall–Kier alpha value is -0.830. The van der Waals surface area contributed by atoms with Crippen LogP contribution in [0.3, 0.4) is 0 Å². The molecule has 0 heterocycles. The zero-order valence-electron chi connectivity index (χ0n) is 9.76. The van der Waals surface area contributed by atoms with Gasteiger partial charge in [0.05, 0.1) is 5.54 Å². The maximum atomic E-state index is 12.1. The molecular weight excluding hydrogens is 278 g/mol. The highest BCUT2D eigenvalue weighted by molar-refractivity contribution is 9.09. The number of rotatable bonds is 3. The summed E-state index contributed by atoms with van der Waals surface area (Å²) in [5, 5.41) is 4.00. The lowest BCUT2D eigenvalue weighted by Crippen LogP contribution is -2.38. The van der Waals surface area contributed by atoms with Crippen LogP contribution in [-0.2, 0) is 12.8 Å². The molecule has 0 aromatic heterocycles. The van der Waals surface area contributed by atoms with E-state index >= 15 is 0 Å². The van der Waals surface area contributed by atoms with Crippen molar-refractivity contribution in [1.82, 2.24) is 5.32 Å². The van der Waals surface area contributed by atoms with Crippen LogP contribution in [0.15, 0.2) is 18.2 Å². The zero-order valence-corrected chi connectivity index (χ0v) is 11.3. The average molecular weight is 294 g/mol. The van der Waals surface area contributed by atoms with Gasteiger partial charge >= 0.3 is 0 Å². The predicted octanol–water partition coefficient (Wildman–Crippen LogP) is 2.83. The highest BCUT2D eigenvalue weighted by Crippen LogP contribution is 2.37. The van der Waals surface area contributed by atoms with E-state index in [1.54, 1.807) is 0 Å². The van der Waals surface area contributed by atoms with Gasteiger partial charge in [0.15, 0.2) is 0 Å². The Bertz CT molecular complexity index is 465. The lowest BCUT2D eigenvalue weighted by atomic mass is 10.1. The smallest absolute Gasteiger partial charge is 0.251 e. The molecule has 3 rings (SSSR count). The standard InChI is InChI=1S/C14H16BrNO/c15-9-14(6-7-14)16-13(17)12-5-4-10-2-1-3-11(10)8-12/h4-5,8H,1-3,6-7,9H2,(H,16,17). The SMILES string of the molecule is O=C(NC1(CBr)CC1)c1ccc2c(c1)CCC2. The third-order valence-electron chi connectivity index (χ3n) is 3.85. The van der Waals surface area contributed by atoms with Crippen molar-refractivity contribution >= 4 is 21.8 Å². The first kappa shape index (κ1) is 11.3. The van der Waals surface area contributed by atoms with Gasteiger partial charge in [-0.2, -0.15) is 0 Å². The number of fused-ring (bicyclic) bond motifs is 1. The van der Waals surface area contributed by atoms with Crippen molar-refractivity contribution in [3.8, 4) is 0 Å². The van der Waals surface area contributed by atoms with Crippen molar-refractivity contribution in [1.29, 1.82) is 0 Å². The summed E-state index contributed by atoms with van der Waals surface area (Å²) in [6.07, 6.45) is 5.71. The molecule has 1 aromatic carbocycles. The molecule has 17 heavy (non-hydrogen) atoms. The second-order valence-corrected chi connectivity index (χ2v) is 5.77.